The third-order valence-electron chi connectivity index (χ3n) is 3.85. The highest BCUT2D eigenvalue weighted by Gasteiger charge is 2.01. The zero-order valence-corrected chi connectivity index (χ0v) is 13.4. The van der Waals surface area contributed by atoms with Crippen LogP contribution in [0, 0.1) is 0 Å². The summed E-state index contributed by atoms with van der Waals surface area (Å²) in [6.45, 7) is 0. The van der Waals surface area contributed by atoms with Crippen molar-refractivity contribution >= 4 is 39.8 Å². The lowest BCUT2D eigenvalue weighted by atomic mass is 10.2. The Morgan fingerprint density at radius 1 is 0.840 bits per heavy atom. The summed E-state index contributed by atoms with van der Waals surface area (Å²) in [6, 6.07) is 17.9. The van der Waals surface area contributed by atoms with E-state index in [0.717, 1.165) is 27.5 Å². The molecule has 25 heavy (non-hydrogen) atoms. The molecule has 5 heteroatoms. The van der Waals surface area contributed by atoms with E-state index in [0.29, 0.717) is 0 Å². The van der Waals surface area contributed by atoms with E-state index in [1.54, 1.807) is 18.6 Å². The van der Waals surface area contributed by atoms with E-state index in [4.69, 9.17) is 0 Å². The minimum atomic E-state index is 0.907. The Labute approximate surface area is 144 Å². The fourth-order valence-electron chi connectivity index (χ4n) is 2.65. The molecule has 0 bridgehead atoms. The van der Waals surface area contributed by atoms with Gasteiger partial charge in [-0.1, -0.05) is 36.4 Å². The molecule has 0 saturated carbocycles. The maximum Gasteiger partial charge on any atom is 0.102 e. The van der Waals surface area contributed by atoms with E-state index >= 15 is 0 Å². The van der Waals surface area contributed by atoms with Crippen molar-refractivity contribution in [2.75, 3.05) is 5.43 Å². The molecule has 0 radical (unpaired) electrons. The molecule has 4 aromatic rings. The Kier molecular flexibility index (Phi) is 4.12. The van der Waals surface area contributed by atoms with Crippen molar-refractivity contribution in [2.24, 2.45) is 5.10 Å². The number of para-hydroxylation sites is 1. The van der Waals surface area contributed by atoms with Crippen molar-refractivity contribution < 1.29 is 0 Å². The highest BCUT2D eigenvalue weighted by molar-refractivity contribution is 6.03. The minimum absolute atomic E-state index is 0.907. The van der Waals surface area contributed by atoms with E-state index in [1.165, 1.54) is 5.56 Å². The molecule has 1 aliphatic heterocycles. The SMILES string of the molecule is C1=Cc2ccccc2NN=C1.c1cnnc2c(c1)ccc1nccc12. The quantitative estimate of drug-likeness (QED) is 0.524. The van der Waals surface area contributed by atoms with Crippen LogP contribution in [-0.2, 0) is 0 Å². The molecule has 1 aliphatic rings. The third-order valence-corrected chi connectivity index (χ3v) is 3.85. The standard InChI is InChI=1S/C11H7N3.C9H8N2/c1-2-8-3-4-10-9(5-7-12-10)11(8)14-13-6-1;1-2-6-9-8(4-1)5-3-7-10-11-9/h1-7H;1-7,11H. The molecular weight excluding hydrogens is 310 g/mol. The van der Waals surface area contributed by atoms with Crippen LogP contribution in [0.3, 0.4) is 0 Å². The van der Waals surface area contributed by atoms with Gasteiger partial charge in [0.1, 0.15) is 5.52 Å². The summed E-state index contributed by atoms with van der Waals surface area (Å²) in [5.74, 6) is 0. The average molecular weight is 325 g/mol. The number of rotatable bonds is 0. The van der Waals surface area contributed by atoms with Crippen LogP contribution >= 0.6 is 0 Å². The van der Waals surface area contributed by atoms with Crippen LogP contribution in [0.1, 0.15) is 5.56 Å². The van der Waals surface area contributed by atoms with Gasteiger partial charge in [0.05, 0.1) is 11.2 Å². The average Bonchev–Trinajstić information content (AvgIpc) is 2.85. The van der Waals surface area contributed by atoms with E-state index < -0.39 is 0 Å². The molecule has 5 nitrogen and oxygen atoms in total. The molecule has 0 amide bonds. The molecule has 0 spiro atoms. The van der Waals surface area contributed by atoms with Crippen LogP contribution in [-0.4, -0.2) is 21.4 Å². The van der Waals surface area contributed by atoms with Crippen LogP contribution in [0.4, 0.5) is 5.69 Å². The third kappa shape index (κ3) is 3.21. The number of nitrogens with one attached hydrogen (secondary N) is 1. The van der Waals surface area contributed by atoms with Crippen molar-refractivity contribution in [3.05, 3.63) is 78.6 Å². The van der Waals surface area contributed by atoms with Gasteiger partial charge < -0.3 is 0 Å². The Morgan fingerprint density at radius 2 is 1.80 bits per heavy atom. The maximum atomic E-state index is 4.22. The highest BCUT2D eigenvalue weighted by atomic mass is 15.3. The Balaban J connectivity index is 0.000000129. The molecule has 0 unspecified atom stereocenters. The Morgan fingerprint density at radius 3 is 2.80 bits per heavy atom. The summed E-state index contributed by atoms with van der Waals surface area (Å²) < 4.78 is 0. The smallest absolute Gasteiger partial charge is 0.102 e. The lowest BCUT2D eigenvalue weighted by Crippen LogP contribution is -1.87. The van der Waals surface area contributed by atoms with Gasteiger partial charge in [0.15, 0.2) is 0 Å². The molecule has 120 valence electrons. The number of fused-ring (bicyclic) bond motifs is 4. The Hall–Kier alpha value is -3.60. The summed E-state index contributed by atoms with van der Waals surface area (Å²) >= 11 is 0. The van der Waals surface area contributed by atoms with Crippen LogP contribution in [0.25, 0.3) is 27.9 Å². The second kappa shape index (κ2) is 6.88. The number of anilines is 1. The number of hydrogen-bond acceptors (Lipinski definition) is 5. The highest BCUT2D eigenvalue weighted by Crippen LogP contribution is 2.21. The molecule has 3 heterocycles. The summed E-state index contributed by atoms with van der Waals surface area (Å²) in [5, 5.41) is 14.2. The van der Waals surface area contributed by atoms with Gasteiger partial charge in [0.25, 0.3) is 0 Å². The summed E-state index contributed by atoms with van der Waals surface area (Å²) in [5.41, 5.74) is 7.03. The fraction of sp³-hybridized carbons (Fsp3) is 0. The molecule has 0 atom stereocenters. The first-order chi connectivity index (χ1) is 12.4. The van der Waals surface area contributed by atoms with Crippen molar-refractivity contribution in [1.82, 2.24) is 15.2 Å². The zero-order chi connectivity index (χ0) is 16.9. The van der Waals surface area contributed by atoms with Gasteiger partial charge >= 0.3 is 0 Å². The molecule has 0 fully saturated rings. The first-order valence-corrected chi connectivity index (χ1v) is 7.92. The van der Waals surface area contributed by atoms with Crippen molar-refractivity contribution in [1.29, 1.82) is 0 Å². The second-order valence-corrected chi connectivity index (χ2v) is 5.44. The fourth-order valence-corrected chi connectivity index (χ4v) is 2.65. The molecular formula is C20H15N5. The van der Waals surface area contributed by atoms with Gasteiger partial charge in [-0.15, -0.1) is 5.10 Å². The van der Waals surface area contributed by atoms with Gasteiger partial charge in [0.2, 0.25) is 0 Å². The predicted octanol–water partition coefficient (Wildman–Crippen LogP) is 4.29. The second-order valence-electron chi connectivity index (χ2n) is 5.44. The molecule has 5 rings (SSSR count). The van der Waals surface area contributed by atoms with Crippen LogP contribution in [0.2, 0.25) is 0 Å². The molecule has 1 N–H and O–H groups in total. The van der Waals surface area contributed by atoms with E-state index in [2.05, 4.69) is 25.7 Å². The number of hydrogen-bond donors (Lipinski definition) is 1. The Bertz CT molecular complexity index is 1090. The zero-order valence-electron chi connectivity index (χ0n) is 13.4. The maximum absolute atomic E-state index is 4.22. The monoisotopic (exact) mass is 325 g/mol. The molecule has 0 aliphatic carbocycles. The molecule has 2 aromatic heterocycles. The van der Waals surface area contributed by atoms with Crippen molar-refractivity contribution in [3.8, 4) is 0 Å². The summed E-state index contributed by atoms with van der Waals surface area (Å²) in [7, 11) is 0. The number of nitrogens with zero attached hydrogens (tertiary/aromatic N) is 4. The normalized spacial score (nSPS) is 12.0. The van der Waals surface area contributed by atoms with E-state index in [1.807, 2.05) is 66.7 Å². The topological polar surface area (TPSA) is 63.1 Å². The van der Waals surface area contributed by atoms with Crippen LogP contribution in [0.15, 0.2) is 78.2 Å². The van der Waals surface area contributed by atoms with Crippen molar-refractivity contribution in [2.45, 2.75) is 0 Å². The number of benzene rings is 2. The molecule has 0 saturated heterocycles. The minimum Gasteiger partial charge on any atom is -0.278 e. The predicted molar refractivity (Wildman–Crippen MR) is 102 cm³/mol. The summed E-state index contributed by atoms with van der Waals surface area (Å²) in [6.07, 6.45) is 9.15. The lowest BCUT2D eigenvalue weighted by molar-refractivity contribution is 1.09. The van der Waals surface area contributed by atoms with Crippen LogP contribution < -0.4 is 5.43 Å². The largest absolute Gasteiger partial charge is 0.278 e. The van der Waals surface area contributed by atoms with E-state index in [-0.39, 0.29) is 0 Å². The molecule has 2 aromatic carbocycles. The van der Waals surface area contributed by atoms with Gasteiger partial charge in [-0.3, -0.25) is 10.4 Å². The first kappa shape index (κ1) is 15.0. The first-order valence-electron chi connectivity index (χ1n) is 7.92. The van der Waals surface area contributed by atoms with Gasteiger partial charge in [-0.05, 0) is 35.9 Å². The lowest BCUT2D eigenvalue weighted by Gasteiger charge is -2.00. The number of allylic oxidation sites excluding steroid dienone is 1. The van der Waals surface area contributed by atoms with Gasteiger partial charge in [-0.2, -0.15) is 10.2 Å². The van der Waals surface area contributed by atoms with Crippen LogP contribution in [0.5, 0.6) is 0 Å². The van der Waals surface area contributed by atoms with Gasteiger partial charge in [0, 0.05) is 29.4 Å². The number of aromatic nitrogens is 3. The van der Waals surface area contributed by atoms with Gasteiger partial charge in [-0.25, -0.2) is 0 Å². The summed E-state index contributed by atoms with van der Waals surface area (Å²) in [4.78, 5) is 4.22. The number of hydrazone groups is 1. The van der Waals surface area contributed by atoms with E-state index in [9.17, 15) is 0 Å². The van der Waals surface area contributed by atoms with Crippen molar-refractivity contribution in [3.63, 3.8) is 0 Å².